The van der Waals surface area contributed by atoms with Crippen molar-refractivity contribution in [3.05, 3.63) is 71.4 Å². The van der Waals surface area contributed by atoms with Gasteiger partial charge in [-0.2, -0.15) is 10.4 Å². The highest BCUT2D eigenvalue weighted by Gasteiger charge is 2.27. The predicted molar refractivity (Wildman–Crippen MR) is 171 cm³/mol. The molecule has 0 bridgehead atoms. The number of fused-ring (bicyclic) bond motifs is 1. The third kappa shape index (κ3) is 5.85. The standard InChI is InChI=1S/C33H30FN5O2S.ClH/c1-33(2,3)32(40)41-22-13-14-23(25(34)18-22)29-24(19-35)27(20-9-11-21(12-10-20)39-15-5-4-6-16-39)28-30(26-8-7-17-42-26)37-38-31(28)36-29;/h7-14,17-18H,4-6,15-16H2,1-3H3,(H,36,37,38);1H. The lowest BCUT2D eigenvalue weighted by atomic mass is 9.92. The third-order valence-corrected chi connectivity index (χ3v) is 8.36. The average Bonchev–Trinajstić information content (AvgIpc) is 3.67. The normalized spacial score (nSPS) is 13.4. The molecule has 0 atom stereocenters. The van der Waals surface area contributed by atoms with Crippen molar-refractivity contribution in [2.75, 3.05) is 18.0 Å². The Balaban J connectivity index is 0.00000368. The second-order valence-corrected chi connectivity index (χ2v) is 12.4. The molecule has 10 heteroatoms. The topological polar surface area (TPSA) is 94.9 Å². The second-order valence-electron chi connectivity index (χ2n) is 11.5. The summed E-state index contributed by atoms with van der Waals surface area (Å²) < 4.78 is 21.0. The molecule has 0 aliphatic carbocycles. The van der Waals surface area contributed by atoms with Crippen molar-refractivity contribution in [1.82, 2.24) is 15.2 Å². The van der Waals surface area contributed by atoms with Gasteiger partial charge in [0.05, 0.1) is 32.6 Å². The fourth-order valence-corrected chi connectivity index (χ4v) is 5.98. The minimum Gasteiger partial charge on any atom is -0.426 e. The Bertz CT molecular complexity index is 1820. The summed E-state index contributed by atoms with van der Waals surface area (Å²) in [6, 6.07) is 18.6. The maximum Gasteiger partial charge on any atom is 0.316 e. The lowest BCUT2D eigenvalue weighted by Gasteiger charge is -2.29. The van der Waals surface area contributed by atoms with Gasteiger partial charge in [0.1, 0.15) is 17.6 Å². The molecule has 220 valence electrons. The SMILES string of the molecule is CC(C)(C)C(=O)Oc1ccc(-c2nc3n[nH]c(-c4cccs4)c3c(-c3ccc(N4CCCCC4)cc3)c2C#N)c(F)c1.Cl. The van der Waals surface area contributed by atoms with E-state index < -0.39 is 17.2 Å². The van der Waals surface area contributed by atoms with Gasteiger partial charge < -0.3 is 9.64 Å². The van der Waals surface area contributed by atoms with Crippen LogP contribution < -0.4 is 9.64 Å². The summed E-state index contributed by atoms with van der Waals surface area (Å²) in [6.45, 7) is 7.24. The van der Waals surface area contributed by atoms with E-state index in [-0.39, 0.29) is 35.0 Å². The molecular weight excluding hydrogens is 585 g/mol. The van der Waals surface area contributed by atoms with Crippen molar-refractivity contribution in [2.24, 2.45) is 5.41 Å². The number of carbonyl (C=O) groups is 1. The monoisotopic (exact) mass is 615 g/mol. The van der Waals surface area contributed by atoms with E-state index in [4.69, 9.17) is 9.72 Å². The Morgan fingerprint density at radius 2 is 1.84 bits per heavy atom. The molecule has 0 spiro atoms. The molecule has 7 nitrogen and oxygen atoms in total. The van der Waals surface area contributed by atoms with E-state index in [9.17, 15) is 10.1 Å². The number of nitrogens with zero attached hydrogens (tertiary/aromatic N) is 4. The lowest BCUT2D eigenvalue weighted by Crippen LogP contribution is -2.29. The Hall–Kier alpha value is -4.26. The van der Waals surface area contributed by atoms with Gasteiger partial charge >= 0.3 is 5.97 Å². The van der Waals surface area contributed by atoms with Crippen LogP contribution in [0.5, 0.6) is 5.75 Å². The van der Waals surface area contributed by atoms with Crippen LogP contribution in [-0.2, 0) is 4.79 Å². The van der Waals surface area contributed by atoms with Crippen LogP contribution in [0.4, 0.5) is 10.1 Å². The largest absolute Gasteiger partial charge is 0.426 e. The van der Waals surface area contributed by atoms with Gasteiger partial charge in [-0.3, -0.25) is 9.89 Å². The number of piperidine rings is 1. The van der Waals surface area contributed by atoms with Crippen LogP contribution in [0.1, 0.15) is 45.6 Å². The van der Waals surface area contributed by atoms with Gasteiger partial charge in [-0.25, -0.2) is 9.37 Å². The third-order valence-electron chi connectivity index (χ3n) is 7.48. The van der Waals surface area contributed by atoms with Crippen LogP contribution >= 0.6 is 23.7 Å². The van der Waals surface area contributed by atoms with Crippen molar-refractivity contribution < 1.29 is 13.9 Å². The number of H-pyrrole nitrogens is 1. The summed E-state index contributed by atoms with van der Waals surface area (Å²) >= 11 is 1.56. The number of ether oxygens (including phenoxy) is 1. The highest BCUT2D eigenvalue weighted by Crippen LogP contribution is 2.42. The summed E-state index contributed by atoms with van der Waals surface area (Å²) in [4.78, 5) is 20.4. The van der Waals surface area contributed by atoms with E-state index in [1.807, 2.05) is 29.6 Å². The van der Waals surface area contributed by atoms with Gasteiger partial charge in [-0.05, 0) is 81.3 Å². The summed E-state index contributed by atoms with van der Waals surface area (Å²) in [5, 5.41) is 20.8. The van der Waals surface area contributed by atoms with Gasteiger partial charge in [0.15, 0.2) is 5.65 Å². The van der Waals surface area contributed by atoms with E-state index in [0.717, 1.165) is 41.0 Å². The van der Waals surface area contributed by atoms with Crippen LogP contribution in [0, 0.1) is 22.6 Å². The number of rotatable bonds is 5. The molecular formula is C33H31ClFN5O2S. The first-order valence-corrected chi connectivity index (χ1v) is 14.9. The average molecular weight is 616 g/mol. The first-order chi connectivity index (χ1) is 20.2. The zero-order valence-corrected chi connectivity index (χ0v) is 25.7. The van der Waals surface area contributed by atoms with Crippen molar-refractivity contribution in [2.45, 2.75) is 40.0 Å². The van der Waals surface area contributed by atoms with Gasteiger partial charge in [0.2, 0.25) is 0 Å². The molecule has 0 saturated carbocycles. The minimum atomic E-state index is -0.742. The molecule has 2 aromatic carbocycles. The van der Waals surface area contributed by atoms with Crippen molar-refractivity contribution >= 4 is 46.4 Å². The maximum absolute atomic E-state index is 15.6. The number of halogens is 2. The minimum absolute atomic E-state index is 0. The van der Waals surface area contributed by atoms with Crippen LogP contribution in [0.2, 0.25) is 0 Å². The molecule has 6 rings (SSSR count). The molecule has 1 fully saturated rings. The summed E-state index contributed by atoms with van der Waals surface area (Å²) in [5.41, 5.74) is 3.53. The number of nitrogens with one attached hydrogen (secondary N) is 1. The number of anilines is 1. The van der Waals surface area contributed by atoms with Gasteiger partial charge in [-0.1, -0.05) is 18.2 Å². The fourth-order valence-electron chi connectivity index (χ4n) is 5.25. The van der Waals surface area contributed by atoms with Crippen molar-refractivity contribution in [1.29, 1.82) is 5.26 Å². The smallest absolute Gasteiger partial charge is 0.316 e. The number of hydrogen-bond acceptors (Lipinski definition) is 7. The molecule has 43 heavy (non-hydrogen) atoms. The molecule has 1 aliphatic heterocycles. The molecule has 4 heterocycles. The quantitative estimate of drug-likeness (QED) is 0.158. The molecule has 0 unspecified atom stereocenters. The molecule has 0 amide bonds. The zero-order chi connectivity index (χ0) is 29.4. The predicted octanol–water partition coefficient (Wildman–Crippen LogP) is 8.39. The molecule has 5 aromatic rings. The van der Waals surface area contributed by atoms with Crippen molar-refractivity contribution in [3.8, 4) is 44.8 Å². The number of hydrogen-bond donors (Lipinski definition) is 1. The van der Waals surface area contributed by atoms with E-state index in [2.05, 4.69) is 33.3 Å². The van der Waals surface area contributed by atoms with Gasteiger partial charge in [0, 0.05) is 36.0 Å². The maximum atomic E-state index is 15.6. The summed E-state index contributed by atoms with van der Waals surface area (Å²) in [7, 11) is 0. The zero-order valence-electron chi connectivity index (χ0n) is 24.1. The van der Waals surface area contributed by atoms with Crippen LogP contribution in [0.15, 0.2) is 60.0 Å². The number of pyridine rings is 1. The number of aromatic nitrogens is 3. The highest BCUT2D eigenvalue weighted by atomic mass is 35.5. The van der Waals surface area contributed by atoms with Crippen molar-refractivity contribution in [3.63, 3.8) is 0 Å². The Morgan fingerprint density at radius 3 is 2.47 bits per heavy atom. The number of aromatic amines is 1. The molecule has 1 aliphatic rings. The Labute approximate surface area is 259 Å². The van der Waals surface area contributed by atoms with E-state index >= 15 is 4.39 Å². The molecule has 1 saturated heterocycles. The van der Waals surface area contributed by atoms with Gasteiger partial charge in [-0.15, -0.1) is 23.7 Å². The highest BCUT2D eigenvalue weighted by molar-refractivity contribution is 7.13. The number of nitriles is 1. The lowest BCUT2D eigenvalue weighted by molar-refractivity contribution is -0.143. The Morgan fingerprint density at radius 1 is 1.09 bits per heavy atom. The fraction of sp³-hybridized carbons (Fsp3) is 0.273. The molecule has 1 N–H and O–H groups in total. The first-order valence-electron chi connectivity index (χ1n) is 14.0. The van der Waals surface area contributed by atoms with Crippen LogP contribution in [-0.4, -0.2) is 34.2 Å². The van der Waals surface area contributed by atoms with E-state index in [0.29, 0.717) is 16.6 Å². The number of thiophene rings is 1. The first kappa shape index (κ1) is 30.2. The molecule has 3 aromatic heterocycles. The summed E-state index contributed by atoms with van der Waals surface area (Å²) in [6.07, 6.45) is 3.60. The van der Waals surface area contributed by atoms with E-state index in [1.165, 1.54) is 31.4 Å². The number of benzene rings is 2. The molecule has 0 radical (unpaired) electrons. The van der Waals surface area contributed by atoms with Gasteiger partial charge in [0.25, 0.3) is 0 Å². The summed E-state index contributed by atoms with van der Waals surface area (Å²) in [5.74, 6) is -1.04. The van der Waals surface area contributed by atoms with Crippen LogP contribution in [0.3, 0.4) is 0 Å². The second kappa shape index (κ2) is 12.2. The number of carbonyl (C=O) groups excluding carboxylic acids is 1. The van der Waals surface area contributed by atoms with Crippen LogP contribution in [0.25, 0.3) is 44.0 Å². The van der Waals surface area contributed by atoms with E-state index in [1.54, 1.807) is 32.1 Å². The Kier molecular flexibility index (Phi) is 8.54. The number of esters is 1.